The van der Waals surface area contributed by atoms with Crippen LogP contribution in [-0.2, 0) is 16.1 Å². The van der Waals surface area contributed by atoms with Gasteiger partial charge in [-0.3, -0.25) is 9.59 Å². The Morgan fingerprint density at radius 3 is 2.52 bits per heavy atom. The standard InChI is InChI=1S/C22H33N3O2/c1-23(2)16-18-10-12-19(13-11-18)20-8-5-7-15-25(20)22(27)17-24-14-6-3-4-9-21(24)26/h10-13,20H,3-9,14-17H2,1-2H3/t20-/m0/s1. The van der Waals surface area contributed by atoms with E-state index in [9.17, 15) is 9.59 Å². The van der Waals surface area contributed by atoms with Gasteiger partial charge >= 0.3 is 0 Å². The Balaban J connectivity index is 1.68. The van der Waals surface area contributed by atoms with E-state index in [2.05, 4.69) is 43.3 Å². The molecule has 0 radical (unpaired) electrons. The normalized spacial score (nSPS) is 21.4. The van der Waals surface area contributed by atoms with Gasteiger partial charge < -0.3 is 14.7 Å². The number of nitrogens with zero attached hydrogens (tertiary/aromatic N) is 3. The lowest BCUT2D eigenvalue weighted by molar-refractivity contribution is -0.142. The third kappa shape index (κ3) is 5.32. The zero-order valence-corrected chi connectivity index (χ0v) is 16.8. The van der Waals surface area contributed by atoms with Gasteiger partial charge in [0.15, 0.2) is 0 Å². The van der Waals surface area contributed by atoms with E-state index in [0.717, 1.165) is 58.2 Å². The topological polar surface area (TPSA) is 43.9 Å². The van der Waals surface area contributed by atoms with Crippen molar-refractivity contribution < 1.29 is 9.59 Å². The summed E-state index contributed by atoms with van der Waals surface area (Å²) in [5.74, 6) is 0.245. The van der Waals surface area contributed by atoms with Crippen LogP contribution >= 0.6 is 0 Å². The molecular weight excluding hydrogens is 338 g/mol. The van der Waals surface area contributed by atoms with Crippen LogP contribution in [0.3, 0.4) is 0 Å². The van der Waals surface area contributed by atoms with Gasteiger partial charge in [-0.1, -0.05) is 30.7 Å². The zero-order chi connectivity index (χ0) is 19.2. The lowest BCUT2D eigenvalue weighted by Gasteiger charge is -2.37. The number of hydrogen-bond acceptors (Lipinski definition) is 3. The molecule has 1 aromatic rings. The molecule has 2 aliphatic rings. The van der Waals surface area contributed by atoms with Crippen LogP contribution in [0.25, 0.3) is 0 Å². The number of benzene rings is 1. The predicted molar refractivity (Wildman–Crippen MR) is 107 cm³/mol. The fourth-order valence-corrected chi connectivity index (χ4v) is 4.25. The molecule has 2 fully saturated rings. The predicted octanol–water partition coefficient (Wildman–Crippen LogP) is 3.20. The first-order chi connectivity index (χ1) is 13.0. The molecule has 0 aliphatic carbocycles. The van der Waals surface area contributed by atoms with Crippen molar-refractivity contribution in [3.8, 4) is 0 Å². The average molecular weight is 372 g/mol. The van der Waals surface area contributed by atoms with Gasteiger partial charge in [0.2, 0.25) is 11.8 Å². The number of carbonyl (C=O) groups excluding carboxylic acids is 2. The zero-order valence-electron chi connectivity index (χ0n) is 16.8. The van der Waals surface area contributed by atoms with E-state index >= 15 is 0 Å². The summed E-state index contributed by atoms with van der Waals surface area (Å²) in [7, 11) is 4.14. The number of piperidine rings is 1. The Morgan fingerprint density at radius 2 is 1.78 bits per heavy atom. The summed E-state index contributed by atoms with van der Waals surface area (Å²) in [4.78, 5) is 31.3. The Kier molecular flexibility index (Phi) is 6.89. The van der Waals surface area contributed by atoms with Crippen LogP contribution in [-0.4, -0.2) is 60.2 Å². The maximum atomic E-state index is 13.0. The van der Waals surface area contributed by atoms with E-state index in [-0.39, 0.29) is 24.4 Å². The Morgan fingerprint density at radius 1 is 1.04 bits per heavy atom. The van der Waals surface area contributed by atoms with Crippen LogP contribution in [0.4, 0.5) is 0 Å². The van der Waals surface area contributed by atoms with Crippen molar-refractivity contribution in [2.24, 2.45) is 0 Å². The van der Waals surface area contributed by atoms with Crippen LogP contribution in [0.5, 0.6) is 0 Å². The molecule has 0 saturated carbocycles. The van der Waals surface area contributed by atoms with Gasteiger partial charge in [0.05, 0.1) is 12.6 Å². The SMILES string of the molecule is CN(C)Cc1ccc([C@@H]2CCCCN2C(=O)CN2CCCCCC2=O)cc1. The smallest absolute Gasteiger partial charge is 0.242 e. The third-order valence-corrected chi connectivity index (χ3v) is 5.68. The molecular formula is C22H33N3O2. The quantitative estimate of drug-likeness (QED) is 0.798. The third-order valence-electron chi connectivity index (χ3n) is 5.68. The Hall–Kier alpha value is -1.88. The second-order valence-electron chi connectivity index (χ2n) is 8.20. The highest BCUT2D eigenvalue weighted by Crippen LogP contribution is 2.31. The first-order valence-corrected chi connectivity index (χ1v) is 10.4. The maximum Gasteiger partial charge on any atom is 0.242 e. The maximum absolute atomic E-state index is 13.0. The minimum atomic E-state index is 0.104. The second kappa shape index (κ2) is 9.36. The molecule has 2 amide bonds. The number of amides is 2. The van der Waals surface area contributed by atoms with Crippen molar-refractivity contribution in [3.63, 3.8) is 0 Å². The Labute approximate surface area is 163 Å². The van der Waals surface area contributed by atoms with Gasteiger partial charge in [-0.25, -0.2) is 0 Å². The number of likely N-dealkylation sites (tertiary alicyclic amines) is 2. The van der Waals surface area contributed by atoms with Crippen molar-refractivity contribution in [1.82, 2.24) is 14.7 Å². The number of hydrogen-bond donors (Lipinski definition) is 0. The first-order valence-electron chi connectivity index (χ1n) is 10.4. The molecule has 5 heteroatoms. The summed E-state index contributed by atoms with van der Waals surface area (Å²) in [5.41, 5.74) is 2.50. The van der Waals surface area contributed by atoms with Crippen LogP contribution in [0.1, 0.15) is 62.1 Å². The summed E-state index contributed by atoms with van der Waals surface area (Å²) in [5, 5.41) is 0. The van der Waals surface area contributed by atoms with Gasteiger partial charge in [-0.15, -0.1) is 0 Å². The molecule has 3 rings (SSSR count). The summed E-state index contributed by atoms with van der Waals surface area (Å²) >= 11 is 0. The average Bonchev–Trinajstić information content (AvgIpc) is 2.86. The van der Waals surface area contributed by atoms with Crippen molar-refractivity contribution in [1.29, 1.82) is 0 Å². The van der Waals surface area contributed by atoms with Crippen LogP contribution < -0.4 is 0 Å². The molecule has 2 aliphatic heterocycles. The van der Waals surface area contributed by atoms with Crippen LogP contribution in [0.2, 0.25) is 0 Å². The van der Waals surface area contributed by atoms with Crippen molar-refractivity contribution >= 4 is 11.8 Å². The summed E-state index contributed by atoms with van der Waals surface area (Å²) in [6.45, 7) is 2.69. The van der Waals surface area contributed by atoms with E-state index in [1.54, 1.807) is 4.90 Å². The highest BCUT2D eigenvalue weighted by atomic mass is 16.2. The van der Waals surface area contributed by atoms with Gasteiger partial charge in [0.25, 0.3) is 0 Å². The molecule has 0 aromatic heterocycles. The molecule has 0 bridgehead atoms. The van der Waals surface area contributed by atoms with E-state index < -0.39 is 0 Å². The van der Waals surface area contributed by atoms with Gasteiger partial charge in [-0.2, -0.15) is 0 Å². The van der Waals surface area contributed by atoms with Crippen molar-refractivity contribution in [2.75, 3.05) is 33.7 Å². The summed E-state index contributed by atoms with van der Waals surface area (Å²) < 4.78 is 0. The minimum absolute atomic E-state index is 0.104. The fourth-order valence-electron chi connectivity index (χ4n) is 4.25. The first kappa shape index (κ1) is 19.9. The van der Waals surface area contributed by atoms with E-state index in [1.165, 1.54) is 11.1 Å². The monoisotopic (exact) mass is 371 g/mol. The number of carbonyl (C=O) groups is 2. The molecule has 27 heavy (non-hydrogen) atoms. The molecule has 5 nitrogen and oxygen atoms in total. The molecule has 1 aromatic carbocycles. The molecule has 2 saturated heterocycles. The minimum Gasteiger partial charge on any atom is -0.334 e. The second-order valence-corrected chi connectivity index (χ2v) is 8.20. The van der Waals surface area contributed by atoms with Gasteiger partial charge in [-0.05, 0) is 57.3 Å². The van der Waals surface area contributed by atoms with Crippen LogP contribution in [0, 0.1) is 0 Å². The number of rotatable bonds is 5. The van der Waals surface area contributed by atoms with Gasteiger partial charge in [0.1, 0.15) is 0 Å². The van der Waals surface area contributed by atoms with Crippen LogP contribution in [0.15, 0.2) is 24.3 Å². The molecule has 0 spiro atoms. The highest BCUT2D eigenvalue weighted by molar-refractivity contribution is 5.85. The molecule has 2 heterocycles. The summed E-state index contributed by atoms with van der Waals surface area (Å²) in [6, 6.07) is 8.83. The highest BCUT2D eigenvalue weighted by Gasteiger charge is 2.30. The fraction of sp³-hybridized carbons (Fsp3) is 0.636. The van der Waals surface area contributed by atoms with Gasteiger partial charge in [0, 0.05) is 26.1 Å². The molecule has 0 N–H and O–H groups in total. The van der Waals surface area contributed by atoms with Crippen molar-refractivity contribution in [3.05, 3.63) is 35.4 Å². The Bertz CT molecular complexity index is 641. The molecule has 1 atom stereocenters. The van der Waals surface area contributed by atoms with E-state index in [1.807, 2.05) is 4.90 Å². The molecule has 0 unspecified atom stereocenters. The van der Waals surface area contributed by atoms with Crippen molar-refractivity contribution in [2.45, 2.75) is 57.5 Å². The summed E-state index contributed by atoms with van der Waals surface area (Å²) in [6.07, 6.45) is 6.84. The lowest BCUT2D eigenvalue weighted by atomic mass is 9.94. The molecule has 148 valence electrons. The lowest BCUT2D eigenvalue weighted by Crippen LogP contribution is -2.45. The van der Waals surface area contributed by atoms with E-state index in [0.29, 0.717) is 6.42 Å². The van der Waals surface area contributed by atoms with E-state index in [4.69, 9.17) is 0 Å². The largest absolute Gasteiger partial charge is 0.334 e.